The molecule has 0 aromatic carbocycles. The van der Waals surface area contributed by atoms with Crippen LogP contribution in [-0.2, 0) is 31.2 Å². The molecule has 33 heavy (non-hydrogen) atoms. The second-order valence-electron chi connectivity index (χ2n) is 9.23. The van der Waals surface area contributed by atoms with Crippen LogP contribution in [0.5, 0.6) is 5.19 Å². The van der Waals surface area contributed by atoms with E-state index in [0.717, 1.165) is 80.1 Å². The average Bonchev–Trinajstić information content (AvgIpc) is 3.32. The Bertz CT molecular complexity index is 939. The minimum atomic E-state index is -2.48. The number of aryl methyl sites for hydroxylation is 2. The van der Waals surface area contributed by atoms with Gasteiger partial charge in [-0.2, -0.15) is 5.10 Å². The van der Waals surface area contributed by atoms with Crippen LogP contribution in [0.15, 0.2) is 6.07 Å². The lowest BCUT2D eigenvalue weighted by molar-refractivity contribution is -0.121. The Morgan fingerprint density at radius 2 is 2.12 bits per heavy atom. The second kappa shape index (κ2) is 10.9. The summed E-state index contributed by atoms with van der Waals surface area (Å²) in [6, 6.07) is 2.23. The molecule has 0 spiro atoms. The van der Waals surface area contributed by atoms with Gasteiger partial charge in [0.1, 0.15) is 0 Å². The molecule has 1 saturated carbocycles. The summed E-state index contributed by atoms with van der Waals surface area (Å²) in [6.45, 7) is 4.10. The van der Waals surface area contributed by atoms with E-state index in [1.165, 1.54) is 11.3 Å². The van der Waals surface area contributed by atoms with E-state index >= 15 is 0 Å². The van der Waals surface area contributed by atoms with Crippen molar-refractivity contribution in [1.29, 1.82) is 0 Å². The van der Waals surface area contributed by atoms with Gasteiger partial charge >= 0.3 is 0 Å². The number of nitrogens with zero attached hydrogens (tertiary/aromatic N) is 4. The quantitative estimate of drug-likeness (QED) is 0.594. The molecule has 2 aromatic heterocycles. The molecular weight excluding hydrogens is 448 g/mol. The van der Waals surface area contributed by atoms with Gasteiger partial charge in [-0.25, -0.2) is 13.8 Å². The number of fused-ring (bicyclic) bond motifs is 1. The highest BCUT2D eigenvalue weighted by atomic mass is 32.1. The van der Waals surface area contributed by atoms with Gasteiger partial charge in [-0.05, 0) is 64.0 Å². The lowest BCUT2D eigenvalue weighted by Crippen LogP contribution is -2.39. The Morgan fingerprint density at radius 1 is 1.33 bits per heavy atom. The van der Waals surface area contributed by atoms with E-state index < -0.39 is 13.0 Å². The van der Waals surface area contributed by atoms with E-state index in [-0.39, 0.29) is 11.9 Å². The Hall–Kier alpha value is -2.07. The van der Waals surface area contributed by atoms with Gasteiger partial charge in [0.05, 0.1) is 17.8 Å². The summed E-state index contributed by atoms with van der Waals surface area (Å²) in [5.41, 5.74) is 2.85. The van der Waals surface area contributed by atoms with E-state index in [1.807, 2.05) is 20.0 Å². The van der Waals surface area contributed by atoms with Gasteiger partial charge in [0.25, 0.3) is 11.6 Å². The highest BCUT2D eigenvalue weighted by Crippen LogP contribution is 2.31. The van der Waals surface area contributed by atoms with Crippen LogP contribution in [0, 0.1) is 12.8 Å². The third-order valence-corrected chi connectivity index (χ3v) is 7.70. The zero-order valence-corrected chi connectivity index (χ0v) is 20.2. The van der Waals surface area contributed by atoms with Crippen LogP contribution in [0.4, 0.5) is 8.78 Å². The van der Waals surface area contributed by atoms with Gasteiger partial charge in [-0.15, -0.1) is 0 Å². The predicted molar refractivity (Wildman–Crippen MR) is 123 cm³/mol. The van der Waals surface area contributed by atoms with Crippen LogP contribution in [0.25, 0.3) is 0 Å². The van der Waals surface area contributed by atoms with E-state index in [2.05, 4.69) is 20.3 Å². The molecule has 1 N–H and O–H groups in total. The van der Waals surface area contributed by atoms with Crippen LogP contribution >= 0.6 is 11.3 Å². The van der Waals surface area contributed by atoms with Crippen LogP contribution in [0.3, 0.4) is 0 Å². The largest absolute Gasteiger partial charge is 0.464 e. The topological polar surface area (TPSA) is 72.3 Å². The third-order valence-electron chi connectivity index (χ3n) is 6.63. The first-order chi connectivity index (χ1) is 15.9. The number of ether oxygens (including phenoxy) is 1. The van der Waals surface area contributed by atoms with Gasteiger partial charge in [0.2, 0.25) is 5.91 Å². The van der Waals surface area contributed by atoms with E-state index in [9.17, 15) is 13.6 Å². The van der Waals surface area contributed by atoms with Crippen molar-refractivity contribution in [2.45, 2.75) is 70.9 Å². The van der Waals surface area contributed by atoms with E-state index in [1.54, 1.807) is 4.68 Å². The fourth-order valence-electron chi connectivity index (χ4n) is 4.85. The van der Waals surface area contributed by atoms with Crippen molar-refractivity contribution in [1.82, 2.24) is 25.0 Å². The molecule has 4 rings (SSSR count). The second-order valence-corrected chi connectivity index (χ2v) is 10.3. The van der Waals surface area contributed by atoms with E-state index in [0.29, 0.717) is 17.5 Å². The van der Waals surface area contributed by atoms with Gasteiger partial charge in [0, 0.05) is 36.8 Å². The number of carbonyl (C=O) groups excluding carboxylic acids is 1. The van der Waals surface area contributed by atoms with Crippen molar-refractivity contribution in [2.24, 2.45) is 13.0 Å². The van der Waals surface area contributed by atoms with Gasteiger partial charge in [-0.1, -0.05) is 11.3 Å². The fraction of sp³-hybridized carbons (Fsp3) is 0.696. The molecule has 1 amide bonds. The van der Waals surface area contributed by atoms with Crippen molar-refractivity contribution >= 4 is 17.2 Å². The smallest absolute Gasteiger partial charge is 0.273 e. The number of hydrogen-bond donors (Lipinski definition) is 1. The number of carbonyl (C=O) groups is 1. The van der Waals surface area contributed by atoms with Crippen LogP contribution in [0.2, 0.25) is 0 Å². The monoisotopic (exact) mass is 481 g/mol. The van der Waals surface area contributed by atoms with Crippen LogP contribution in [-0.4, -0.2) is 57.7 Å². The molecular formula is C23H33F2N5O2S. The fourth-order valence-corrected chi connectivity index (χ4v) is 5.76. The number of amides is 1. The maximum atomic E-state index is 12.4. The summed E-state index contributed by atoms with van der Waals surface area (Å²) in [5.74, 6) is 0.755. The van der Waals surface area contributed by atoms with Crippen molar-refractivity contribution in [3.05, 3.63) is 28.0 Å². The van der Waals surface area contributed by atoms with Gasteiger partial charge in [0.15, 0.2) is 6.61 Å². The molecule has 1 aliphatic heterocycles. The number of hydrogen-bond acceptors (Lipinski definition) is 6. The molecule has 10 heteroatoms. The highest BCUT2D eigenvalue weighted by Gasteiger charge is 2.25. The minimum absolute atomic E-state index is 0.0748. The van der Waals surface area contributed by atoms with Crippen molar-refractivity contribution in [3.63, 3.8) is 0 Å². The summed E-state index contributed by atoms with van der Waals surface area (Å²) >= 11 is 1.40. The third kappa shape index (κ3) is 6.72. The summed E-state index contributed by atoms with van der Waals surface area (Å²) in [6.07, 6.45) is 4.28. The molecule has 0 unspecified atom stereocenters. The first-order valence-electron chi connectivity index (χ1n) is 11.8. The Labute approximate surface area is 197 Å². The summed E-state index contributed by atoms with van der Waals surface area (Å²) in [7, 11) is 1.87. The zero-order chi connectivity index (χ0) is 23.4. The standard InChI is InChI=1S/C23H33F2N5O2S/c1-15-11-18(29(2)28-15)12-22(31)26-17-5-3-16(4-6-17)7-9-30-10-8-20-19(13-30)27-23(33-20)32-14-21(24)25/h11,16-17,21H,3-10,12-14H2,1-2H3,(H,26,31). The maximum absolute atomic E-state index is 12.4. The molecule has 0 radical (unpaired) electrons. The van der Waals surface area contributed by atoms with Gasteiger partial charge in [-0.3, -0.25) is 14.4 Å². The number of halogens is 2. The molecule has 0 bridgehead atoms. The lowest BCUT2D eigenvalue weighted by Gasteiger charge is -2.32. The molecule has 0 atom stereocenters. The summed E-state index contributed by atoms with van der Waals surface area (Å²) in [5, 5.41) is 7.87. The molecule has 7 nitrogen and oxygen atoms in total. The first-order valence-corrected chi connectivity index (χ1v) is 12.6. The van der Waals surface area contributed by atoms with Gasteiger partial charge < -0.3 is 10.1 Å². The Morgan fingerprint density at radius 3 is 2.82 bits per heavy atom. The lowest BCUT2D eigenvalue weighted by atomic mass is 9.84. The summed E-state index contributed by atoms with van der Waals surface area (Å²) < 4.78 is 31.6. The minimum Gasteiger partial charge on any atom is -0.464 e. The average molecular weight is 482 g/mol. The van der Waals surface area contributed by atoms with Crippen molar-refractivity contribution < 1.29 is 18.3 Å². The molecule has 3 heterocycles. The van der Waals surface area contributed by atoms with Crippen molar-refractivity contribution in [2.75, 3.05) is 19.7 Å². The predicted octanol–water partition coefficient (Wildman–Crippen LogP) is 3.49. The number of thiazole rings is 1. The maximum Gasteiger partial charge on any atom is 0.273 e. The normalized spacial score (nSPS) is 21.2. The van der Waals surface area contributed by atoms with E-state index in [4.69, 9.17) is 4.74 Å². The summed E-state index contributed by atoms with van der Waals surface area (Å²) in [4.78, 5) is 20.4. The molecule has 1 fully saturated rings. The molecule has 1 aliphatic carbocycles. The number of rotatable bonds is 9. The molecule has 2 aliphatic rings. The van der Waals surface area contributed by atoms with Crippen LogP contribution in [0.1, 0.15) is 54.1 Å². The zero-order valence-electron chi connectivity index (χ0n) is 19.4. The van der Waals surface area contributed by atoms with Crippen LogP contribution < -0.4 is 10.1 Å². The highest BCUT2D eigenvalue weighted by molar-refractivity contribution is 7.13. The number of aromatic nitrogens is 3. The molecule has 182 valence electrons. The molecule has 2 aromatic rings. The Balaban J connectivity index is 1.15. The SMILES string of the molecule is Cc1cc(CC(=O)NC2CCC(CCN3CCc4sc(OCC(F)F)nc4C3)CC2)n(C)n1. The van der Waals surface area contributed by atoms with Crippen molar-refractivity contribution in [3.8, 4) is 5.19 Å². The molecule has 0 saturated heterocycles. The Kier molecular flexibility index (Phi) is 7.95. The first kappa shape index (κ1) is 24.1. The number of alkyl halides is 2. The number of nitrogens with one attached hydrogen (secondary N) is 1.